The van der Waals surface area contributed by atoms with Crippen LogP contribution >= 0.6 is 0 Å². The fraction of sp³-hybridized carbons (Fsp3) is 0.0476. The van der Waals surface area contributed by atoms with Gasteiger partial charge in [-0.05, 0) is 48.0 Å². The van der Waals surface area contributed by atoms with Crippen molar-refractivity contribution in [3.8, 4) is 5.75 Å². The highest BCUT2D eigenvalue weighted by atomic mass is 16.3. The fourth-order valence-electron chi connectivity index (χ4n) is 2.49. The number of hydrogen-bond donors (Lipinski definition) is 3. The Bertz CT molecular complexity index is 1000. The quantitative estimate of drug-likeness (QED) is 0.574. The molecule has 1 aromatic heterocycles. The van der Waals surface area contributed by atoms with Crippen molar-refractivity contribution in [2.45, 2.75) is 6.54 Å². The standard InChI is InChI=1S/C21H17N3O4/c25-13-17-11-16(3-6-19(17)26)20(27)23-12-14-1-4-18(5-2-14)24-21(28)15-7-9-22-10-8-15/h1-11,13,26H,12H2,(H,23,27)(H,24,28). The van der Waals surface area contributed by atoms with Crippen LogP contribution in [-0.4, -0.2) is 28.2 Å². The number of hydrogen-bond acceptors (Lipinski definition) is 5. The Morgan fingerprint density at radius 1 is 0.929 bits per heavy atom. The number of benzene rings is 2. The molecule has 0 spiro atoms. The van der Waals surface area contributed by atoms with Crippen molar-refractivity contribution >= 4 is 23.8 Å². The van der Waals surface area contributed by atoms with E-state index in [1.54, 1.807) is 48.8 Å². The van der Waals surface area contributed by atoms with Crippen molar-refractivity contribution < 1.29 is 19.5 Å². The molecular formula is C21H17N3O4. The largest absolute Gasteiger partial charge is 0.507 e. The highest BCUT2D eigenvalue weighted by molar-refractivity contribution is 6.04. The van der Waals surface area contributed by atoms with Gasteiger partial charge in [-0.25, -0.2) is 0 Å². The van der Waals surface area contributed by atoms with Crippen molar-refractivity contribution in [1.29, 1.82) is 0 Å². The highest BCUT2D eigenvalue weighted by Gasteiger charge is 2.09. The summed E-state index contributed by atoms with van der Waals surface area (Å²) in [5, 5.41) is 15.0. The molecule has 7 heteroatoms. The predicted molar refractivity (Wildman–Crippen MR) is 103 cm³/mol. The van der Waals surface area contributed by atoms with Crippen LogP contribution in [0.4, 0.5) is 5.69 Å². The first-order valence-corrected chi connectivity index (χ1v) is 8.43. The maximum absolute atomic E-state index is 12.2. The van der Waals surface area contributed by atoms with E-state index in [-0.39, 0.29) is 35.2 Å². The monoisotopic (exact) mass is 375 g/mol. The second-order valence-corrected chi connectivity index (χ2v) is 5.96. The van der Waals surface area contributed by atoms with Gasteiger partial charge in [-0.2, -0.15) is 0 Å². The molecule has 0 radical (unpaired) electrons. The molecule has 0 aliphatic rings. The molecule has 0 unspecified atom stereocenters. The zero-order valence-electron chi connectivity index (χ0n) is 14.8. The minimum absolute atomic E-state index is 0.0574. The maximum Gasteiger partial charge on any atom is 0.255 e. The molecule has 0 atom stereocenters. The van der Waals surface area contributed by atoms with Crippen LogP contribution in [-0.2, 0) is 6.54 Å². The lowest BCUT2D eigenvalue weighted by Crippen LogP contribution is -2.22. The van der Waals surface area contributed by atoms with Crippen LogP contribution in [0.1, 0.15) is 36.6 Å². The SMILES string of the molecule is O=Cc1cc(C(=O)NCc2ccc(NC(=O)c3ccncc3)cc2)ccc1O. The first kappa shape index (κ1) is 18.8. The lowest BCUT2D eigenvalue weighted by molar-refractivity contribution is 0.0950. The number of nitrogens with zero attached hydrogens (tertiary/aromatic N) is 1. The molecule has 28 heavy (non-hydrogen) atoms. The van der Waals surface area contributed by atoms with E-state index in [9.17, 15) is 19.5 Å². The number of phenolic OH excluding ortho intramolecular Hbond substituents is 1. The number of carbonyl (C=O) groups excluding carboxylic acids is 3. The summed E-state index contributed by atoms with van der Waals surface area (Å²) in [5.41, 5.74) is 2.31. The van der Waals surface area contributed by atoms with Gasteiger partial charge in [0.25, 0.3) is 11.8 Å². The molecule has 0 fully saturated rings. The Balaban J connectivity index is 1.58. The van der Waals surface area contributed by atoms with Gasteiger partial charge in [0, 0.05) is 35.8 Å². The summed E-state index contributed by atoms with van der Waals surface area (Å²) in [4.78, 5) is 39.0. The van der Waals surface area contributed by atoms with Crippen molar-refractivity contribution in [3.63, 3.8) is 0 Å². The summed E-state index contributed by atoms with van der Waals surface area (Å²) in [6, 6.07) is 14.4. The molecule has 0 bridgehead atoms. The van der Waals surface area contributed by atoms with Gasteiger partial charge in [0.1, 0.15) is 5.75 Å². The summed E-state index contributed by atoms with van der Waals surface area (Å²) < 4.78 is 0. The van der Waals surface area contributed by atoms with Crippen LogP contribution in [0.25, 0.3) is 0 Å². The van der Waals surface area contributed by atoms with Crippen LogP contribution in [0, 0.1) is 0 Å². The Hall–Kier alpha value is -4.00. The van der Waals surface area contributed by atoms with E-state index in [0.29, 0.717) is 17.5 Å². The smallest absolute Gasteiger partial charge is 0.255 e. The topological polar surface area (TPSA) is 108 Å². The molecule has 0 saturated carbocycles. The van der Waals surface area contributed by atoms with Gasteiger partial charge in [-0.1, -0.05) is 12.1 Å². The molecule has 2 aromatic carbocycles. The first-order chi connectivity index (χ1) is 13.6. The number of anilines is 1. The summed E-state index contributed by atoms with van der Waals surface area (Å²) in [6.07, 6.45) is 3.59. The van der Waals surface area contributed by atoms with Gasteiger partial charge in [-0.3, -0.25) is 19.4 Å². The number of pyridine rings is 1. The van der Waals surface area contributed by atoms with Gasteiger partial charge in [0.15, 0.2) is 6.29 Å². The molecule has 3 aromatic rings. The fourth-order valence-corrected chi connectivity index (χ4v) is 2.49. The number of rotatable bonds is 6. The predicted octanol–water partition coefficient (Wildman–Crippen LogP) is 2.78. The Kier molecular flexibility index (Phi) is 5.76. The van der Waals surface area contributed by atoms with Gasteiger partial charge < -0.3 is 15.7 Å². The molecular weight excluding hydrogens is 358 g/mol. The van der Waals surface area contributed by atoms with Crippen LogP contribution in [0.2, 0.25) is 0 Å². The number of nitrogens with one attached hydrogen (secondary N) is 2. The average Bonchev–Trinajstić information content (AvgIpc) is 2.74. The van der Waals surface area contributed by atoms with Crippen molar-refractivity contribution in [2.24, 2.45) is 0 Å². The normalized spacial score (nSPS) is 10.1. The minimum atomic E-state index is -0.363. The molecule has 7 nitrogen and oxygen atoms in total. The lowest BCUT2D eigenvalue weighted by Gasteiger charge is -2.08. The molecule has 0 aliphatic carbocycles. The third-order valence-corrected chi connectivity index (χ3v) is 4.02. The van der Waals surface area contributed by atoms with Crippen LogP contribution in [0.5, 0.6) is 5.75 Å². The molecule has 2 amide bonds. The van der Waals surface area contributed by atoms with E-state index in [2.05, 4.69) is 15.6 Å². The van der Waals surface area contributed by atoms with Gasteiger partial charge in [0.2, 0.25) is 0 Å². The molecule has 3 rings (SSSR count). The summed E-state index contributed by atoms with van der Waals surface area (Å²) in [5.74, 6) is -0.768. The van der Waals surface area contributed by atoms with E-state index in [1.165, 1.54) is 18.2 Å². The second kappa shape index (κ2) is 8.59. The summed E-state index contributed by atoms with van der Waals surface area (Å²) >= 11 is 0. The van der Waals surface area contributed by atoms with E-state index < -0.39 is 0 Å². The maximum atomic E-state index is 12.2. The molecule has 0 aliphatic heterocycles. The van der Waals surface area contributed by atoms with Crippen LogP contribution in [0.15, 0.2) is 67.0 Å². The zero-order chi connectivity index (χ0) is 19.9. The molecule has 140 valence electrons. The highest BCUT2D eigenvalue weighted by Crippen LogP contribution is 2.16. The first-order valence-electron chi connectivity index (χ1n) is 8.43. The third kappa shape index (κ3) is 4.59. The van der Waals surface area contributed by atoms with Crippen LogP contribution < -0.4 is 10.6 Å². The molecule has 0 saturated heterocycles. The van der Waals surface area contributed by atoms with Crippen molar-refractivity contribution in [2.75, 3.05) is 5.32 Å². The van der Waals surface area contributed by atoms with Crippen LogP contribution in [0.3, 0.4) is 0 Å². The second-order valence-electron chi connectivity index (χ2n) is 5.96. The number of aldehydes is 1. The number of aromatic hydroxyl groups is 1. The number of aromatic nitrogens is 1. The Morgan fingerprint density at radius 2 is 1.64 bits per heavy atom. The van der Waals surface area contributed by atoms with Gasteiger partial charge in [-0.15, -0.1) is 0 Å². The summed E-state index contributed by atoms with van der Waals surface area (Å²) in [6.45, 7) is 0.273. The Morgan fingerprint density at radius 3 is 2.32 bits per heavy atom. The van der Waals surface area contributed by atoms with E-state index in [0.717, 1.165) is 5.56 Å². The average molecular weight is 375 g/mol. The van der Waals surface area contributed by atoms with E-state index in [4.69, 9.17) is 0 Å². The van der Waals surface area contributed by atoms with Crippen molar-refractivity contribution in [3.05, 3.63) is 89.2 Å². The van der Waals surface area contributed by atoms with Crippen molar-refractivity contribution in [1.82, 2.24) is 10.3 Å². The van der Waals surface area contributed by atoms with Gasteiger partial charge in [0.05, 0.1) is 5.56 Å². The molecule has 1 heterocycles. The number of carbonyl (C=O) groups is 3. The van der Waals surface area contributed by atoms with E-state index >= 15 is 0 Å². The van der Waals surface area contributed by atoms with E-state index in [1.807, 2.05) is 0 Å². The minimum Gasteiger partial charge on any atom is -0.507 e. The van der Waals surface area contributed by atoms with Gasteiger partial charge >= 0.3 is 0 Å². The number of amides is 2. The molecule has 3 N–H and O–H groups in total. The number of phenols is 1. The summed E-state index contributed by atoms with van der Waals surface area (Å²) in [7, 11) is 0. The Labute approximate surface area is 161 Å². The lowest BCUT2D eigenvalue weighted by atomic mass is 10.1. The third-order valence-electron chi connectivity index (χ3n) is 4.02. The zero-order valence-corrected chi connectivity index (χ0v) is 14.8.